The van der Waals surface area contributed by atoms with Crippen LogP contribution < -0.4 is 4.74 Å². The van der Waals surface area contributed by atoms with Crippen LogP contribution in [0.15, 0.2) is 36.4 Å². The van der Waals surface area contributed by atoms with Crippen LogP contribution in [0.4, 0.5) is 17.6 Å². The lowest BCUT2D eigenvalue weighted by atomic mass is 10.0. The number of aromatic hydroxyl groups is 2. The monoisotopic (exact) mass is 288 g/mol. The van der Waals surface area contributed by atoms with Crippen molar-refractivity contribution in [2.24, 2.45) is 0 Å². The van der Waals surface area contributed by atoms with Gasteiger partial charge in [0.15, 0.2) is 0 Å². The predicted octanol–water partition coefficient (Wildman–Crippen LogP) is 3.80. The Bertz CT molecular complexity index is 618. The zero-order chi connectivity index (χ0) is 14.9. The average molecular weight is 288 g/mol. The van der Waals surface area contributed by atoms with Gasteiger partial charge in [-0.15, -0.1) is 13.2 Å². The molecule has 0 spiro atoms. The zero-order valence-corrected chi connectivity index (χ0v) is 9.78. The van der Waals surface area contributed by atoms with Crippen LogP contribution in [0.25, 0.3) is 11.1 Å². The van der Waals surface area contributed by atoms with Gasteiger partial charge in [0, 0.05) is 12.1 Å². The molecule has 0 heterocycles. The number of rotatable bonds is 2. The van der Waals surface area contributed by atoms with E-state index in [1.54, 1.807) is 0 Å². The van der Waals surface area contributed by atoms with Gasteiger partial charge in [0.1, 0.15) is 23.1 Å². The first-order valence-corrected chi connectivity index (χ1v) is 5.33. The summed E-state index contributed by atoms with van der Waals surface area (Å²) in [6.45, 7) is 0. The molecule has 20 heavy (non-hydrogen) atoms. The molecule has 0 aliphatic carbocycles. The van der Waals surface area contributed by atoms with Crippen LogP contribution in [0.2, 0.25) is 0 Å². The molecule has 2 rings (SSSR count). The largest absolute Gasteiger partial charge is 0.573 e. The minimum atomic E-state index is -4.91. The summed E-state index contributed by atoms with van der Waals surface area (Å²) in [4.78, 5) is 0. The summed E-state index contributed by atoms with van der Waals surface area (Å²) >= 11 is 0. The van der Waals surface area contributed by atoms with Crippen LogP contribution in [0.3, 0.4) is 0 Å². The number of benzene rings is 2. The summed E-state index contributed by atoms with van der Waals surface area (Å²) in [6, 6.07) is 5.87. The quantitative estimate of drug-likeness (QED) is 0.826. The van der Waals surface area contributed by atoms with Crippen molar-refractivity contribution < 1.29 is 32.5 Å². The number of ether oxygens (including phenoxy) is 1. The van der Waals surface area contributed by atoms with E-state index in [1.807, 2.05) is 0 Å². The van der Waals surface area contributed by atoms with Crippen molar-refractivity contribution in [3.05, 3.63) is 42.2 Å². The highest BCUT2D eigenvalue weighted by atomic mass is 19.4. The fourth-order valence-electron chi connectivity index (χ4n) is 1.68. The Labute approximate surface area is 110 Å². The topological polar surface area (TPSA) is 49.7 Å². The first-order chi connectivity index (χ1) is 9.23. The van der Waals surface area contributed by atoms with Crippen molar-refractivity contribution in [3.8, 4) is 28.4 Å². The van der Waals surface area contributed by atoms with Crippen LogP contribution in [0, 0.1) is 5.82 Å². The summed E-state index contributed by atoms with van der Waals surface area (Å²) in [7, 11) is 0. The van der Waals surface area contributed by atoms with E-state index in [2.05, 4.69) is 4.74 Å². The molecule has 0 aliphatic rings. The molecule has 0 amide bonds. The molecule has 2 N–H and O–H groups in total. The Morgan fingerprint density at radius 3 is 1.90 bits per heavy atom. The van der Waals surface area contributed by atoms with Gasteiger partial charge >= 0.3 is 6.36 Å². The van der Waals surface area contributed by atoms with Crippen molar-refractivity contribution in [1.29, 1.82) is 0 Å². The van der Waals surface area contributed by atoms with Gasteiger partial charge in [0.25, 0.3) is 0 Å². The molecule has 3 nitrogen and oxygen atoms in total. The van der Waals surface area contributed by atoms with Gasteiger partial charge < -0.3 is 14.9 Å². The Morgan fingerprint density at radius 2 is 1.35 bits per heavy atom. The summed E-state index contributed by atoms with van der Waals surface area (Å²) in [5, 5.41) is 18.7. The van der Waals surface area contributed by atoms with E-state index in [9.17, 15) is 27.8 Å². The second-order valence-corrected chi connectivity index (χ2v) is 3.96. The van der Waals surface area contributed by atoms with Crippen LogP contribution in [-0.2, 0) is 0 Å². The highest BCUT2D eigenvalue weighted by Gasteiger charge is 2.31. The number of phenolic OH excluding ortho intramolecular Hbond substituents is 2. The Balaban J connectivity index is 2.46. The maximum absolute atomic E-state index is 13.2. The van der Waals surface area contributed by atoms with Crippen molar-refractivity contribution in [2.75, 3.05) is 0 Å². The second kappa shape index (κ2) is 4.92. The lowest BCUT2D eigenvalue weighted by Crippen LogP contribution is -2.17. The maximum atomic E-state index is 13.2. The van der Waals surface area contributed by atoms with Crippen molar-refractivity contribution >= 4 is 0 Å². The third kappa shape index (κ3) is 3.53. The minimum absolute atomic E-state index is 0.0686. The Kier molecular flexibility index (Phi) is 3.44. The molecule has 0 radical (unpaired) electrons. The van der Waals surface area contributed by atoms with E-state index >= 15 is 0 Å². The van der Waals surface area contributed by atoms with Crippen LogP contribution in [0.1, 0.15) is 0 Å². The number of phenols is 2. The van der Waals surface area contributed by atoms with E-state index in [4.69, 9.17) is 0 Å². The molecule has 0 fully saturated rings. The number of hydrogen-bond acceptors (Lipinski definition) is 3. The first kappa shape index (κ1) is 14.0. The molecule has 0 unspecified atom stereocenters. The highest BCUT2D eigenvalue weighted by molar-refractivity contribution is 5.68. The molecule has 0 aliphatic heterocycles. The minimum Gasteiger partial charge on any atom is -0.508 e. The number of alkyl halides is 3. The van der Waals surface area contributed by atoms with Gasteiger partial charge in [0.2, 0.25) is 0 Å². The van der Waals surface area contributed by atoms with Crippen LogP contribution in [0.5, 0.6) is 17.2 Å². The van der Waals surface area contributed by atoms with Crippen LogP contribution >= 0.6 is 0 Å². The smallest absolute Gasteiger partial charge is 0.508 e. The molecular formula is C13H8F4O3. The Morgan fingerprint density at radius 1 is 0.800 bits per heavy atom. The fourth-order valence-corrected chi connectivity index (χ4v) is 1.68. The van der Waals surface area contributed by atoms with Crippen LogP contribution in [-0.4, -0.2) is 16.6 Å². The third-order valence-corrected chi connectivity index (χ3v) is 2.34. The normalized spacial score (nSPS) is 11.4. The molecule has 0 saturated heterocycles. The van der Waals surface area contributed by atoms with E-state index in [0.29, 0.717) is 0 Å². The standard InChI is InChI=1S/C13H8F4O3/c14-9-1-7(2-10(18)5-9)8-3-11(19)6-12(4-8)20-13(15,16)17/h1-6,18-19H. The summed E-state index contributed by atoms with van der Waals surface area (Å²) < 4.78 is 53.2. The summed E-state index contributed by atoms with van der Waals surface area (Å²) in [5.74, 6) is -2.27. The molecule has 2 aromatic rings. The van der Waals surface area contributed by atoms with Gasteiger partial charge in [-0.05, 0) is 35.4 Å². The van der Waals surface area contributed by atoms with Crippen molar-refractivity contribution in [3.63, 3.8) is 0 Å². The van der Waals surface area contributed by atoms with E-state index in [-0.39, 0.29) is 16.9 Å². The van der Waals surface area contributed by atoms with Gasteiger partial charge in [-0.1, -0.05) is 0 Å². The van der Waals surface area contributed by atoms with Crippen molar-refractivity contribution in [1.82, 2.24) is 0 Å². The average Bonchev–Trinajstić information content (AvgIpc) is 2.24. The number of halogens is 4. The second-order valence-electron chi connectivity index (χ2n) is 3.96. The van der Waals surface area contributed by atoms with Gasteiger partial charge in [0.05, 0.1) is 0 Å². The third-order valence-electron chi connectivity index (χ3n) is 2.34. The lowest BCUT2D eigenvalue weighted by molar-refractivity contribution is -0.274. The highest BCUT2D eigenvalue weighted by Crippen LogP contribution is 2.33. The maximum Gasteiger partial charge on any atom is 0.573 e. The molecule has 7 heteroatoms. The lowest BCUT2D eigenvalue weighted by Gasteiger charge is -2.11. The van der Waals surface area contributed by atoms with Gasteiger partial charge in [-0.2, -0.15) is 0 Å². The fraction of sp³-hybridized carbons (Fsp3) is 0.0769. The van der Waals surface area contributed by atoms with Gasteiger partial charge in [-0.25, -0.2) is 4.39 Å². The van der Waals surface area contributed by atoms with Crippen molar-refractivity contribution in [2.45, 2.75) is 6.36 Å². The molecule has 0 aromatic heterocycles. The first-order valence-electron chi connectivity index (χ1n) is 5.33. The molecule has 106 valence electrons. The molecule has 0 atom stereocenters. The summed E-state index contributed by atoms with van der Waals surface area (Å²) in [6.07, 6.45) is -4.91. The predicted molar refractivity (Wildman–Crippen MR) is 61.8 cm³/mol. The zero-order valence-electron chi connectivity index (χ0n) is 9.78. The molecule has 0 saturated carbocycles. The molecular weight excluding hydrogens is 280 g/mol. The van der Waals surface area contributed by atoms with E-state index < -0.39 is 23.7 Å². The van der Waals surface area contributed by atoms with E-state index in [0.717, 1.165) is 36.4 Å². The van der Waals surface area contributed by atoms with Gasteiger partial charge in [-0.3, -0.25) is 0 Å². The number of hydrogen-bond donors (Lipinski definition) is 2. The Hall–Kier alpha value is -2.44. The SMILES string of the molecule is Oc1cc(F)cc(-c2cc(O)cc(OC(F)(F)F)c2)c1. The summed E-state index contributed by atoms with van der Waals surface area (Å²) in [5.41, 5.74) is 0.171. The molecule has 0 bridgehead atoms. The molecule has 2 aromatic carbocycles. The van der Waals surface area contributed by atoms with E-state index in [1.165, 1.54) is 0 Å².